The molecule has 0 amide bonds. The number of carboxylic acids is 1. The molecule has 2 aromatic heterocycles. The first-order valence-electron chi connectivity index (χ1n) is 6.21. The van der Waals surface area contributed by atoms with Gasteiger partial charge in [-0.1, -0.05) is 5.21 Å². The van der Waals surface area contributed by atoms with E-state index in [0.717, 1.165) is 5.69 Å². The van der Waals surface area contributed by atoms with Crippen molar-refractivity contribution in [3.63, 3.8) is 0 Å². The minimum Gasteiger partial charge on any atom is -0.476 e. The second kappa shape index (κ2) is 5.83. The molecule has 8 heteroatoms. The Balaban J connectivity index is 2.25. The number of aromatic carboxylic acids is 1. The van der Waals surface area contributed by atoms with Crippen molar-refractivity contribution in [2.75, 3.05) is 7.11 Å². The summed E-state index contributed by atoms with van der Waals surface area (Å²) in [4.78, 5) is 11.1. The SMILES string of the molecule is COCc1c(C(=O)O)nnn1Cc1ccn(C(C)C)n1. The molecule has 108 valence electrons. The molecule has 1 N–H and O–H groups in total. The standard InChI is InChI=1S/C12H17N5O3/c1-8(2)16-5-4-9(14-16)6-17-10(7-20-3)11(12(18)19)13-15-17/h4-5,8H,6-7H2,1-3H3,(H,18,19). The maximum absolute atomic E-state index is 11.1. The van der Waals surface area contributed by atoms with Gasteiger partial charge in [0.15, 0.2) is 5.69 Å². The van der Waals surface area contributed by atoms with Gasteiger partial charge in [-0.25, -0.2) is 9.48 Å². The van der Waals surface area contributed by atoms with Crippen molar-refractivity contribution in [2.24, 2.45) is 0 Å². The lowest BCUT2D eigenvalue weighted by Crippen LogP contribution is -2.11. The summed E-state index contributed by atoms with van der Waals surface area (Å²) in [6, 6.07) is 2.14. The second-order valence-corrected chi connectivity index (χ2v) is 4.66. The van der Waals surface area contributed by atoms with Crippen LogP contribution in [0.2, 0.25) is 0 Å². The van der Waals surface area contributed by atoms with Crippen LogP contribution in [0.25, 0.3) is 0 Å². The molecule has 0 aliphatic rings. The highest BCUT2D eigenvalue weighted by molar-refractivity contribution is 5.86. The average molecular weight is 279 g/mol. The van der Waals surface area contributed by atoms with Crippen LogP contribution in [-0.2, 0) is 17.9 Å². The fraction of sp³-hybridized carbons (Fsp3) is 0.500. The largest absolute Gasteiger partial charge is 0.476 e. The molecule has 0 saturated heterocycles. The summed E-state index contributed by atoms with van der Waals surface area (Å²) < 4.78 is 8.34. The number of aromatic nitrogens is 5. The molecule has 0 aromatic carbocycles. The Kier molecular flexibility index (Phi) is 4.14. The predicted octanol–water partition coefficient (Wildman–Crippen LogP) is 0.948. The third-order valence-electron chi connectivity index (χ3n) is 2.83. The zero-order valence-corrected chi connectivity index (χ0v) is 11.6. The van der Waals surface area contributed by atoms with E-state index < -0.39 is 5.97 Å². The molecule has 0 saturated carbocycles. The van der Waals surface area contributed by atoms with Crippen LogP contribution in [0.15, 0.2) is 12.3 Å². The van der Waals surface area contributed by atoms with Crippen LogP contribution in [-0.4, -0.2) is 43.0 Å². The number of methoxy groups -OCH3 is 1. The van der Waals surface area contributed by atoms with Crippen molar-refractivity contribution in [3.05, 3.63) is 29.3 Å². The zero-order valence-electron chi connectivity index (χ0n) is 11.6. The van der Waals surface area contributed by atoms with Gasteiger partial charge >= 0.3 is 5.97 Å². The Morgan fingerprint density at radius 2 is 2.25 bits per heavy atom. The molecule has 0 aliphatic heterocycles. The molecule has 0 unspecified atom stereocenters. The van der Waals surface area contributed by atoms with Gasteiger partial charge in [-0.05, 0) is 19.9 Å². The molecule has 0 spiro atoms. The quantitative estimate of drug-likeness (QED) is 0.845. The maximum atomic E-state index is 11.1. The van der Waals surface area contributed by atoms with Crippen LogP contribution in [0.1, 0.15) is 41.8 Å². The first kappa shape index (κ1) is 14.2. The summed E-state index contributed by atoms with van der Waals surface area (Å²) in [5.41, 5.74) is 1.13. The third kappa shape index (κ3) is 2.85. The van der Waals surface area contributed by atoms with Crippen LogP contribution < -0.4 is 0 Å². The Morgan fingerprint density at radius 3 is 2.80 bits per heavy atom. The summed E-state index contributed by atoms with van der Waals surface area (Å²) in [6.07, 6.45) is 1.88. The molecule has 2 heterocycles. The summed E-state index contributed by atoms with van der Waals surface area (Å²) in [6.45, 7) is 4.56. The Labute approximate surface area is 116 Å². The summed E-state index contributed by atoms with van der Waals surface area (Å²) in [7, 11) is 1.50. The van der Waals surface area contributed by atoms with Crippen molar-refractivity contribution < 1.29 is 14.6 Å². The topological polar surface area (TPSA) is 95.1 Å². The van der Waals surface area contributed by atoms with E-state index in [2.05, 4.69) is 15.4 Å². The molecular formula is C12H17N5O3. The number of rotatable bonds is 6. The van der Waals surface area contributed by atoms with Gasteiger partial charge in [0, 0.05) is 19.3 Å². The molecular weight excluding hydrogens is 262 g/mol. The van der Waals surface area contributed by atoms with Gasteiger partial charge in [-0.15, -0.1) is 5.10 Å². The first-order chi connectivity index (χ1) is 9.52. The zero-order chi connectivity index (χ0) is 14.7. The van der Waals surface area contributed by atoms with E-state index in [0.29, 0.717) is 12.2 Å². The second-order valence-electron chi connectivity index (χ2n) is 4.66. The summed E-state index contributed by atoms with van der Waals surface area (Å²) in [5.74, 6) is -1.11. The minimum absolute atomic E-state index is 0.0878. The molecule has 2 rings (SSSR count). The van der Waals surface area contributed by atoms with E-state index >= 15 is 0 Å². The van der Waals surface area contributed by atoms with Crippen molar-refractivity contribution in [2.45, 2.75) is 33.0 Å². The van der Waals surface area contributed by atoms with Crippen LogP contribution in [0, 0.1) is 0 Å². The van der Waals surface area contributed by atoms with Gasteiger partial charge < -0.3 is 9.84 Å². The number of carbonyl (C=O) groups is 1. The lowest BCUT2D eigenvalue weighted by Gasteiger charge is -2.06. The van der Waals surface area contributed by atoms with Gasteiger partial charge in [-0.2, -0.15) is 5.10 Å². The monoisotopic (exact) mass is 279 g/mol. The highest BCUT2D eigenvalue weighted by Crippen LogP contribution is 2.11. The molecule has 0 bridgehead atoms. The Morgan fingerprint density at radius 1 is 1.50 bits per heavy atom. The van der Waals surface area contributed by atoms with E-state index in [1.807, 2.05) is 30.8 Å². The lowest BCUT2D eigenvalue weighted by atomic mass is 10.3. The van der Waals surface area contributed by atoms with Crippen molar-refractivity contribution >= 4 is 5.97 Å². The fourth-order valence-corrected chi connectivity index (χ4v) is 1.81. The summed E-state index contributed by atoms with van der Waals surface area (Å²) >= 11 is 0. The van der Waals surface area contributed by atoms with Crippen LogP contribution >= 0.6 is 0 Å². The highest BCUT2D eigenvalue weighted by Gasteiger charge is 2.19. The molecule has 0 fully saturated rings. The number of carboxylic acid groups (broad SMARTS) is 1. The Bertz CT molecular complexity index is 602. The van der Waals surface area contributed by atoms with Crippen LogP contribution in [0.5, 0.6) is 0 Å². The van der Waals surface area contributed by atoms with Crippen LogP contribution in [0.4, 0.5) is 0 Å². The van der Waals surface area contributed by atoms with E-state index in [9.17, 15) is 4.79 Å². The normalized spacial score (nSPS) is 11.2. The first-order valence-corrected chi connectivity index (χ1v) is 6.21. The minimum atomic E-state index is -1.11. The number of nitrogens with zero attached hydrogens (tertiary/aromatic N) is 5. The van der Waals surface area contributed by atoms with Gasteiger partial charge in [0.2, 0.25) is 0 Å². The van der Waals surface area contributed by atoms with Crippen molar-refractivity contribution in [1.82, 2.24) is 24.8 Å². The van der Waals surface area contributed by atoms with Gasteiger partial charge in [0.1, 0.15) is 0 Å². The highest BCUT2D eigenvalue weighted by atomic mass is 16.5. The average Bonchev–Trinajstić information content (AvgIpc) is 2.98. The summed E-state index contributed by atoms with van der Waals surface area (Å²) in [5, 5.41) is 21.0. The smallest absolute Gasteiger partial charge is 0.358 e. The Hall–Kier alpha value is -2.22. The molecule has 2 aromatic rings. The van der Waals surface area contributed by atoms with Gasteiger partial charge in [0.05, 0.1) is 24.5 Å². The fourth-order valence-electron chi connectivity index (χ4n) is 1.81. The third-order valence-corrected chi connectivity index (χ3v) is 2.83. The molecule has 0 aliphatic carbocycles. The molecule has 0 atom stereocenters. The van der Waals surface area contributed by atoms with Gasteiger partial charge in [-0.3, -0.25) is 4.68 Å². The van der Waals surface area contributed by atoms with Crippen molar-refractivity contribution in [3.8, 4) is 0 Å². The lowest BCUT2D eigenvalue weighted by molar-refractivity contribution is 0.0684. The maximum Gasteiger partial charge on any atom is 0.358 e. The number of ether oxygens (including phenoxy) is 1. The van der Waals surface area contributed by atoms with Crippen LogP contribution in [0.3, 0.4) is 0 Å². The molecule has 0 radical (unpaired) electrons. The number of hydrogen-bond acceptors (Lipinski definition) is 5. The molecule has 8 nitrogen and oxygen atoms in total. The number of hydrogen-bond donors (Lipinski definition) is 1. The van der Waals surface area contributed by atoms with E-state index in [1.165, 1.54) is 11.8 Å². The van der Waals surface area contributed by atoms with E-state index in [4.69, 9.17) is 9.84 Å². The molecule has 20 heavy (non-hydrogen) atoms. The van der Waals surface area contributed by atoms with E-state index in [1.54, 1.807) is 0 Å². The predicted molar refractivity (Wildman–Crippen MR) is 69.4 cm³/mol. The van der Waals surface area contributed by atoms with Gasteiger partial charge in [0.25, 0.3) is 0 Å². The van der Waals surface area contributed by atoms with E-state index in [-0.39, 0.29) is 18.3 Å². The van der Waals surface area contributed by atoms with Crippen molar-refractivity contribution in [1.29, 1.82) is 0 Å².